The van der Waals surface area contributed by atoms with Crippen molar-refractivity contribution in [2.75, 3.05) is 12.4 Å². The molecule has 0 spiro atoms. The van der Waals surface area contributed by atoms with Gasteiger partial charge < -0.3 is 4.74 Å². The van der Waals surface area contributed by atoms with Crippen LogP contribution in [0.15, 0.2) is 23.2 Å². The molecule has 0 saturated carbocycles. The molecule has 0 bridgehead atoms. The summed E-state index contributed by atoms with van der Waals surface area (Å²) >= 11 is 0. The van der Waals surface area contributed by atoms with Crippen molar-refractivity contribution in [3.05, 3.63) is 40.8 Å². The number of Topliss-reactive ketones (excluding diaryl/α,β-unsaturated/α-hetero) is 1. The average Bonchev–Trinajstić information content (AvgIpc) is 3.05. The monoisotopic (exact) mass is 436 g/mol. The first-order valence-corrected chi connectivity index (χ1v) is 11.9. The van der Waals surface area contributed by atoms with Crippen LogP contribution in [0.5, 0.6) is 5.88 Å². The number of benzene rings is 1. The predicted molar refractivity (Wildman–Crippen MR) is 112 cm³/mol. The van der Waals surface area contributed by atoms with Gasteiger partial charge in [-0.25, -0.2) is 17.5 Å². The molecule has 1 aliphatic heterocycles. The highest BCUT2D eigenvalue weighted by Crippen LogP contribution is 2.31. The van der Waals surface area contributed by atoms with E-state index in [-0.39, 0.29) is 40.8 Å². The number of halogens is 1. The van der Waals surface area contributed by atoms with Crippen molar-refractivity contribution in [1.29, 1.82) is 0 Å². The van der Waals surface area contributed by atoms with Gasteiger partial charge in [0.15, 0.2) is 15.6 Å². The van der Waals surface area contributed by atoms with Gasteiger partial charge in [0.25, 0.3) is 0 Å². The van der Waals surface area contributed by atoms with Gasteiger partial charge >= 0.3 is 0 Å². The molecular formula is C22H29FN2O4S. The van der Waals surface area contributed by atoms with E-state index in [0.717, 1.165) is 16.7 Å². The van der Waals surface area contributed by atoms with Crippen molar-refractivity contribution >= 4 is 15.6 Å². The summed E-state index contributed by atoms with van der Waals surface area (Å²) in [5, 5.41) is 4.11. The number of nitrogens with zero attached hydrogens (tertiary/aromatic N) is 2. The van der Waals surface area contributed by atoms with Gasteiger partial charge in [0.1, 0.15) is 16.5 Å². The Morgan fingerprint density at radius 3 is 2.40 bits per heavy atom. The highest BCUT2D eigenvalue weighted by Gasteiger charge is 2.31. The number of carbonyl (C=O) groups excluding carboxylic acids is 1. The molecule has 0 N–H and O–H groups in total. The van der Waals surface area contributed by atoms with E-state index in [9.17, 15) is 17.6 Å². The summed E-state index contributed by atoms with van der Waals surface area (Å²) in [6.45, 7) is 10.7. The first-order chi connectivity index (χ1) is 14.0. The van der Waals surface area contributed by atoms with Crippen molar-refractivity contribution in [2.45, 2.75) is 64.3 Å². The van der Waals surface area contributed by atoms with Crippen LogP contribution in [-0.2, 0) is 27.6 Å². The van der Waals surface area contributed by atoms with E-state index >= 15 is 0 Å². The second-order valence-corrected chi connectivity index (χ2v) is 10.7. The Bertz CT molecular complexity index is 1030. The van der Waals surface area contributed by atoms with Crippen LogP contribution in [0.1, 0.15) is 63.1 Å². The summed E-state index contributed by atoms with van der Waals surface area (Å²) in [5.74, 6) is -0.965. The van der Waals surface area contributed by atoms with Crippen molar-refractivity contribution in [3.63, 3.8) is 0 Å². The Kier molecular flexibility index (Phi) is 6.36. The fourth-order valence-electron chi connectivity index (χ4n) is 3.87. The fourth-order valence-corrected chi connectivity index (χ4v) is 5.19. The minimum Gasteiger partial charge on any atom is -0.477 e. The lowest BCUT2D eigenvalue weighted by molar-refractivity contribution is -0.116. The number of ketones is 1. The van der Waals surface area contributed by atoms with E-state index in [1.54, 1.807) is 0 Å². The van der Waals surface area contributed by atoms with E-state index in [1.807, 2.05) is 34.6 Å². The van der Waals surface area contributed by atoms with Crippen molar-refractivity contribution < 1.29 is 22.3 Å². The van der Waals surface area contributed by atoms with Gasteiger partial charge in [-0.15, -0.1) is 0 Å². The lowest BCUT2D eigenvalue weighted by Crippen LogP contribution is -2.25. The Hall–Kier alpha value is -2.22. The first-order valence-electron chi connectivity index (χ1n) is 10.2. The molecule has 6 nitrogen and oxygen atoms in total. The van der Waals surface area contributed by atoms with E-state index in [2.05, 4.69) is 5.10 Å². The quantitative estimate of drug-likeness (QED) is 0.658. The number of rotatable bonds is 7. The summed E-state index contributed by atoms with van der Waals surface area (Å²) in [6, 6.07) is 2.88. The second-order valence-electron chi connectivity index (χ2n) is 8.76. The van der Waals surface area contributed by atoms with E-state index in [1.165, 1.54) is 23.0 Å². The van der Waals surface area contributed by atoms with Crippen LogP contribution in [-0.4, -0.2) is 36.3 Å². The smallest absolute Gasteiger partial charge is 0.231 e. The summed E-state index contributed by atoms with van der Waals surface area (Å²) in [6.07, 6.45) is 1.20. The predicted octanol–water partition coefficient (Wildman–Crippen LogP) is 3.88. The Labute approximate surface area is 177 Å². The minimum atomic E-state index is -3.90. The number of hydrogen-bond acceptors (Lipinski definition) is 5. The van der Waals surface area contributed by atoms with Crippen molar-refractivity contribution in [1.82, 2.24) is 9.78 Å². The number of aromatic nitrogens is 2. The standard InChI is InChI=1S/C22H29FN2O4S/c1-13(2)18-6-16(23)7-19(14(3)4)20(18)8-17(26)12-30(27,28)21-9-24-25-10-15(5)11-29-22(21)25/h6-7,9,13-15H,8,10-12H2,1-5H3. The molecule has 1 atom stereocenters. The zero-order valence-corrected chi connectivity index (χ0v) is 18.9. The summed E-state index contributed by atoms with van der Waals surface area (Å²) < 4.78 is 47.1. The molecular weight excluding hydrogens is 407 g/mol. The maximum Gasteiger partial charge on any atom is 0.231 e. The molecule has 3 rings (SSSR count). The van der Waals surface area contributed by atoms with Crippen LogP contribution in [0.2, 0.25) is 0 Å². The average molecular weight is 437 g/mol. The van der Waals surface area contributed by atoms with E-state index in [0.29, 0.717) is 13.2 Å². The van der Waals surface area contributed by atoms with Crippen molar-refractivity contribution in [3.8, 4) is 5.88 Å². The number of sulfone groups is 1. The second kappa shape index (κ2) is 8.49. The van der Waals surface area contributed by atoms with Crippen LogP contribution < -0.4 is 4.74 Å². The van der Waals surface area contributed by atoms with Gasteiger partial charge in [-0.3, -0.25) is 4.79 Å². The van der Waals surface area contributed by atoms with Crippen LogP contribution in [0, 0.1) is 11.7 Å². The normalized spacial score (nSPS) is 16.6. The van der Waals surface area contributed by atoms with Gasteiger partial charge in [-0.1, -0.05) is 34.6 Å². The largest absolute Gasteiger partial charge is 0.477 e. The molecule has 2 aromatic rings. The lowest BCUT2D eigenvalue weighted by Gasteiger charge is -2.21. The van der Waals surface area contributed by atoms with Gasteiger partial charge in [0.05, 0.1) is 19.3 Å². The molecule has 0 saturated heterocycles. The fraction of sp³-hybridized carbons (Fsp3) is 0.545. The summed E-state index contributed by atoms with van der Waals surface area (Å²) in [5.41, 5.74) is 2.21. The Morgan fingerprint density at radius 2 is 1.83 bits per heavy atom. The zero-order valence-electron chi connectivity index (χ0n) is 18.1. The third-order valence-corrected chi connectivity index (χ3v) is 6.99. The molecule has 0 amide bonds. The first kappa shape index (κ1) is 22.5. The van der Waals surface area contributed by atoms with Crippen LogP contribution in [0.3, 0.4) is 0 Å². The molecule has 30 heavy (non-hydrogen) atoms. The van der Waals surface area contributed by atoms with E-state index < -0.39 is 21.4 Å². The number of fused-ring (bicyclic) bond motifs is 1. The summed E-state index contributed by atoms with van der Waals surface area (Å²) in [4.78, 5) is 12.8. The minimum absolute atomic E-state index is 0.00990. The van der Waals surface area contributed by atoms with Gasteiger partial charge in [0, 0.05) is 12.3 Å². The van der Waals surface area contributed by atoms with Gasteiger partial charge in [-0.05, 0) is 40.7 Å². The third-order valence-electron chi connectivity index (χ3n) is 5.34. The topological polar surface area (TPSA) is 78.3 Å². The Balaban J connectivity index is 1.88. The number of ether oxygens (including phenoxy) is 1. The van der Waals surface area contributed by atoms with Crippen molar-refractivity contribution in [2.24, 2.45) is 5.92 Å². The molecule has 1 aromatic heterocycles. The molecule has 1 aromatic carbocycles. The number of hydrogen-bond donors (Lipinski definition) is 0. The molecule has 1 aliphatic rings. The maximum atomic E-state index is 14.1. The van der Waals surface area contributed by atoms with Gasteiger partial charge in [-0.2, -0.15) is 5.10 Å². The molecule has 0 aliphatic carbocycles. The van der Waals surface area contributed by atoms with Crippen LogP contribution >= 0.6 is 0 Å². The summed E-state index contributed by atoms with van der Waals surface area (Å²) in [7, 11) is -3.90. The molecule has 0 radical (unpaired) electrons. The lowest BCUT2D eigenvalue weighted by atomic mass is 9.86. The SMILES string of the molecule is CC1COc2c(S(=O)(=O)CC(=O)Cc3c(C(C)C)cc(F)cc3C(C)C)cnn2C1. The molecule has 8 heteroatoms. The van der Waals surface area contributed by atoms with Gasteiger partial charge in [0.2, 0.25) is 5.88 Å². The highest BCUT2D eigenvalue weighted by molar-refractivity contribution is 7.92. The van der Waals surface area contributed by atoms with Crippen LogP contribution in [0.4, 0.5) is 4.39 Å². The molecule has 2 heterocycles. The third kappa shape index (κ3) is 4.58. The van der Waals surface area contributed by atoms with E-state index in [4.69, 9.17) is 4.74 Å². The number of carbonyl (C=O) groups is 1. The highest BCUT2D eigenvalue weighted by atomic mass is 32.2. The molecule has 0 fully saturated rings. The van der Waals surface area contributed by atoms with Crippen LogP contribution in [0.25, 0.3) is 0 Å². The molecule has 164 valence electrons. The maximum absolute atomic E-state index is 14.1. The molecule has 1 unspecified atom stereocenters. The Morgan fingerprint density at radius 1 is 1.23 bits per heavy atom. The zero-order chi connectivity index (χ0) is 22.2.